The number of amides is 1. The van der Waals surface area contributed by atoms with Crippen LogP contribution in [0.1, 0.15) is 56.4 Å². The van der Waals surface area contributed by atoms with Gasteiger partial charge in [0.05, 0.1) is 11.5 Å². The van der Waals surface area contributed by atoms with Crippen molar-refractivity contribution in [1.82, 2.24) is 5.06 Å². The zero-order chi connectivity index (χ0) is 20.4. The summed E-state index contributed by atoms with van der Waals surface area (Å²) in [6, 6.07) is 23.1. The van der Waals surface area contributed by atoms with Crippen molar-refractivity contribution in [2.24, 2.45) is 5.92 Å². The Morgan fingerprint density at radius 1 is 0.833 bits per heavy atom. The molecule has 1 radical (unpaired) electrons. The molecular weight excluding hydrogens is 378 g/mol. The summed E-state index contributed by atoms with van der Waals surface area (Å²) >= 11 is 0. The number of nitrogens with zero attached hydrogens (tertiary/aromatic N) is 1. The van der Waals surface area contributed by atoms with Crippen LogP contribution in [0.4, 0.5) is 0 Å². The molecular formula is C25H18NO4. The van der Waals surface area contributed by atoms with Crippen LogP contribution in [0.3, 0.4) is 0 Å². The van der Waals surface area contributed by atoms with Crippen LogP contribution >= 0.6 is 0 Å². The molecule has 3 aliphatic carbocycles. The molecule has 1 heterocycles. The van der Waals surface area contributed by atoms with Gasteiger partial charge in [-0.3, -0.25) is 4.79 Å². The van der Waals surface area contributed by atoms with E-state index in [2.05, 4.69) is 24.3 Å². The minimum Gasteiger partial charge on any atom is -0.360 e. The number of rotatable bonds is 2. The molecule has 1 amide bonds. The molecule has 3 aromatic rings. The molecule has 5 heteroatoms. The number of carbonyl (C=O) groups excluding carboxylic acids is 2. The van der Waals surface area contributed by atoms with Gasteiger partial charge in [0.1, 0.15) is 0 Å². The Kier molecular flexibility index (Phi) is 3.65. The lowest BCUT2D eigenvalue weighted by Crippen LogP contribution is -2.41. The zero-order valence-electron chi connectivity index (χ0n) is 16.0. The van der Waals surface area contributed by atoms with Crippen molar-refractivity contribution in [2.45, 2.75) is 18.3 Å². The van der Waals surface area contributed by atoms with Gasteiger partial charge in [-0.2, -0.15) is 0 Å². The predicted octanol–water partition coefficient (Wildman–Crippen LogP) is 4.11. The Morgan fingerprint density at radius 2 is 1.37 bits per heavy atom. The first-order valence-electron chi connectivity index (χ1n) is 10.0. The van der Waals surface area contributed by atoms with Crippen molar-refractivity contribution < 1.29 is 19.5 Å². The van der Waals surface area contributed by atoms with E-state index < -0.39 is 17.8 Å². The van der Waals surface area contributed by atoms with Gasteiger partial charge in [-0.15, -0.1) is 5.06 Å². The topological polar surface area (TPSA) is 66.8 Å². The lowest BCUT2D eigenvalue weighted by atomic mass is 9.59. The van der Waals surface area contributed by atoms with E-state index in [1.807, 2.05) is 24.3 Å². The maximum atomic E-state index is 13.3. The first-order chi connectivity index (χ1) is 14.6. The van der Waals surface area contributed by atoms with Crippen molar-refractivity contribution in [2.75, 3.05) is 0 Å². The highest BCUT2D eigenvalue weighted by molar-refractivity contribution is 6.00. The summed E-state index contributed by atoms with van der Waals surface area (Å²) < 4.78 is 0. The first kappa shape index (κ1) is 17.4. The Labute approximate surface area is 173 Å². The average molecular weight is 396 g/mol. The Morgan fingerprint density at radius 3 is 1.97 bits per heavy atom. The van der Waals surface area contributed by atoms with Crippen molar-refractivity contribution in [3.05, 3.63) is 112 Å². The molecule has 0 saturated carbocycles. The fraction of sp³-hybridized carbons (Fsp3) is 0.160. The van der Waals surface area contributed by atoms with Crippen molar-refractivity contribution in [1.29, 1.82) is 0 Å². The number of aliphatic hydroxyl groups is 1. The fourth-order valence-corrected chi connectivity index (χ4v) is 5.29. The number of hydroxylamine groups is 2. The normalized spacial score (nSPS) is 23.7. The van der Waals surface area contributed by atoms with E-state index in [9.17, 15) is 14.7 Å². The number of fused-ring (bicyclic) bond motifs is 2. The summed E-state index contributed by atoms with van der Waals surface area (Å²) in [5.74, 6) is -1.47. The van der Waals surface area contributed by atoms with Crippen molar-refractivity contribution in [3.8, 4) is 0 Å². The first-order valence-corrected chi connectivity index (χ1v) is 10.0. The second kappa shape index (κ2) is 6.28. The largest absolute Gasteiger partial charge is 0.360 e. The van der Waals surface area contributed by atoms with E-state index in [1.54, 1.807) is 24.3 Å². The lowest BCUT2D eigenvalue weighted by Gasteiger charge is -2.44. The van der Waals surface area contributed by atoms with Crippen LogP contribution in [0.15, 0.2) is 72.8 Å². The van der Waals surface area contributed by atoms with E-state index in [0.29, 0.717) is 17.5 Å². The molecule has 30 heavy (non-hydrogen) atoms. The molecule has 1 unspecified atom stereocenters. The molecule has 0 fully saturated rings. The van der Waals surface area contributed by atoms with E-state index in [4.69, 9.17) is 4.84 Å². The van der Waals surface area contributed by atoms with Crippen LogP contribution in [0.5, 0.6) is 0 Å². The summed E-state index contributed by atoms with van der Waals surface area (Å²) in [6.45, 7) is 0. The second-order valence-corrected chi connectivity index (χ2v) is 8.01. The maximum absolute atomic E-state index is 13.3. The van der Waals surface area contributed by atoms with Crippen molar-refractivity contribution in [3.63, 3.8) is 0 Å². The highest BCUT2D eigenvalue weighted by atomic mass is 16.7. The standard InChI is InChI=1S/C25H18NO4/c27-23-18-11-5-6-12-19(18)24(28)26(23)30-25(29)21-13-20-14-7-1-3-9-16(14)22(21)17-10-4-2-8-15(17)20/h1-12,20-22,27H,13H2. The number of carbonyl (C=O) groups is 2. The Bertz CT molecular complexity index is 1160. The van der Waals surface area contributed by atoms with Gasteiger partial charge in [0, 0.05) is 17.4 Å². The predicted molar refractivity (Wildman–Crippen MR) is 108 cm³/mol. The molecule has 1 aliphatic heterocycles. The van der Waals surface area contributed by atoms with Gasteiger partial charge in [0.15, 0.2) is 0 Å². The molecule has 7 rings (SSSR count). The Balaban J connectivity index is 1.35. The summed E-state index contributed by atoms with van der Waals surface area (Å²) in [5.41, 5.74) is 5.48. The molecule has 2 bridgehead atoms. The van der Waals surface area contributed by atoms with Gasteiger partial charge in [-0.1, -0.05) is 66.7 Å². The molecule has 3 aromatic carbocycles. The number of aliphatic hydroxyl groups excluding tert-OH is 1. The van der Waals surface area contributed by atoms with Crippen LogP contribution < -0.4 is 0 Å². The zero-order valence-corrected chi connectivity index (χ0v) is 16.0. The van der Waals surface area contributed by atoms with E-state index in [0.717, 1.165) is 16.2 Å². The maximum Gasteiger partial charge on any atom is 0.336 e. The minimum absolute atomic E-state index is 0.115. The van der Waals surface area contributed by atoms with Gasteiger partial charge in [0.2, 0.25) is 0 Å². The van der Waals surface area contributed by atoms with Crippen LogP contribution in [0, 0.1) is 12.1 Å². The monoisotopic (exact) mass is 396 g/mol. The van der Waals surface area contributed by atoms with Gasteiger partial charge < -0.3 is 9.94 Å². The summed E-state index contributed by atoms with van der Waals surface area (Å²) in [5, 5.41) is 11.2. The quantitative estimate of drug-likeness (QED) is 0.708. The molecule has 147 valence electrons. The molecule has 5 nitrogen and oxygen atoms in total. The number of hydrogen-bond acceptors (Lipinski definition) is 4. The molecule has 1 atom stereocenters. The molecule has 0 spiro atoms. The van der Waals surface area contributed by atoms with Crippen LogP contribution in [-0.2, 0) is 9.63 Å². The summed E-state index contributed by atoms with van der Waals surface area (Å²) in [6.07, 6.45) is 0.276. The average Bonchev–Trinajstić information content (AvgIpc) is 3.04. The number of benzene rings is 3. The second-order valence-electron chi connectivity index (χ2n) is 8.01. The van der Waals surface area contributed by atoms with Gasteiger partial charge in [-0.25, -0.2) is 4.79 Å². The van der Waals surface area contributed by atoms with Crippen molar-refractivity contribution >= 4 is 11.9 Å². The van der Waals surface area contributed by atoms with E-state index in [1.165, 1.54) is 11.1 Å². The fourth-order valence-electron chi connectivity index (χ4n) is 5.29. The SMILES string of the molecule is O=C(ON1[C](O)c2ccccc2C1=O)C1CC2c3ccccc3C1c1ccccc12. The Hall–Kier alpha value is -3.44. The third kappa shape index (κ3) is 2.27. The summed E-state index contributed by atoms with van der Waals surface area (Å²) in [7, 11) is 0. The van der Waals surface area contributed by atoms with Crippen LogP contribution in [0.2, 0.25) is 0 Å². The molecule has 1 N–H and O–H groups in total. The molecule has 0 aromatic heterocycles. The third-order valence-electron chi connectivity index (χ3n) is 6.56. The summed E-state index contributed by atoms with van der Waals surface area (Å²) in [4.78, 5) is 31.4. The third-order valence-corrected chi connectivity index (χ3v) is 6.56. The lowest BCUT2D eigenvalue weighted by molar-refractivity contribution is -0.189. The highest BCUT2D eigenvalue weighted by Gasteiger charge is 2.49. The van der Waals surface area contributed by atoms with Crippen LogP contribution in [-0.4, -0.2) is 22.0 Å². The van der Waals surface area contributed by atoms with Crippen LogP contribution in [0.25, 0.3) is 0 Å². The molecule has 0 saturated heterocycles. The molecule has 4 aliphatic rings. The smallest absolute Gasteiger partial charge is 0.336 e. The van der Waals surface area contributed by atoms with E-state index in [-0.39, 0.29) is 18.1 Å². The van der Waals surface area contributed by atoms with Gasteiger partial charge in [0.25, 0.3) is 12.1 Å². The van der Waals surface area contributed by atoms with Gasteiger partial charge >= 0.3 is 5.97 Å². The van der Waals surface area contributed by atoms with E-state index >= 15 is 0 Å². The minimum atomic E-state index is -0.529. The highest BCUT2D eigenvalue weighted by Crippen LogP contribution is 2.55. The number of hydrogen-bond donors (Lipinski definition) is 1. The van der Waals surface area contributed by atoms with Gasteiger partial charge in [-0.05, 0) is 34.7 Å².